The summed E-state index contributed by atoms with van der Waals surface area (Å²) >= 11 is 0. The highest BCUT2D eigenvalue weighted by Crippen LogP contribution is 2.28. The molecule has 1 N–H and O–H groups in total. The monoisotopic (exact) mass is 479 g/mol. The second-order valence-corrected chi connectivity index (χ2v) is 10.5. The van der Waals surface area contributed by atoms with Gasteiger partial charge in [0.15, 0.2) is 0 Å². The normalized spacial score (nSPS) is 11.3. The molecule has 0 amide bonds. The van der Waals surface area contributed by atoms with Crippen molar-refractivity contribution in [3.8, 4) is 5.75 Å². The summed E-state index contributed by atoms with van der Waals surface area (Å²) in [6.07, 6.45) is 8.05. The molecule has 4 heteroatoms. The molecule has 0 saturated heterocycles. The highest BCUT2D eigenvalue weighted by atomic mass is 16.5. The molecule has 2 rings (SSSR count). The van der Waals surface area contributed by atoms with E-state index < -0.39 is 0 Å². The first-order valence-corrected chi connectivity index (χ1v) is 13.0. The summed E-state index contributed by atoms with van der Waals surface area (Å²) in [5.74, 6) is 0.749. The third-order valence-corrected chi connectivity index (χ3v) is 5.99. The van der Waals surface area contributed by atoms with E-state index in [1.54, 1.807) is 0 Å². The lowest BCUT2D eigenvalue weighted by molar-refractivity contribution is 0.0497. The van der Waals surface area contributed by atoms with Crippen LogP contribution in [0, 0.1) is 13.8 Å². The van der Waals surface area contributed by atoms with Crippen LogP contribution >= 0.6 is 0 Å². The predicted octanol–water partition coefficient (Wildman–Crippen LogP) is 7.45. The Hall–Kier alpha value is -2.59. The lowest BCUT2D eigenvalue weighted by Gasteiger charge is -2.22. The first-order valence-electron chi connectivity index (χ1n) is 13.0. The second kappa shape index (κ2) is 14.7. The fourth-order valence-electron chi connectivity index (χ4n) is 4.00. The lowest BCUT2D eigenvalue weighted by Crippen LogP contribution is -2.17. The maximum atomic E-state index is 12.2. The predicted molar refractivity (Wildman–Crippen MR) is 146 cm³/mol. The van der Waals surface area contributed by atoms with Crippen LogP contribution in [0.3, 0.4) is 0 Å². The van der Waals surface area contributed by atoms with E-state index in [-0.39, 0.29) is 11.4 Å². The maximum Gasteiger partial charge on any atom is 0.338 e. The van der Waals surface area contributed by atoms with Gasteiger partial charge in [-0.15, -0.1) is 6.58 Å². The molecule has 0 spiro atoms. The van der Waals surface area contributed by atoms with E-state index in [0.717, 1.165) is 68.5 Å². The third-order valence-electron chi connectivity index (χ3n) is 5.99. The molecule has 0 bridgehead atoms. The van der Waals surface area contributed by atoms with Gasteiger partial charge in [-0.3, -0.25) is 0 Å². The summed E-state index contributed by atoms with van der Waals surface area (Å²) in [5.41, 5.74) is 5.46. The number of hydrogen-bond acceptors (Lipinski definition) is 4. The van der Waals surface area contributed by atoms with Crippen molar-refractivity contribution in [2.45, 2.75) is 85.1 Å². The van der Waals surface area contributed by atoms with Gasteiger partial charge >= 0.3 is 5.97 Å². The van der Waals surface area contributed by atoms with Gasteiger partial charge in [-0.1, -0.05) is 69.0 Å². The minimum absolute atomic E-state index is 0.109. The molecule has 0 aromatic heterocycles. The zero-order valence-corrected chi connectivity index (χ0v) is 22.5. The Morgan fingerprint density at radius 3 is 2.34 bits per heavy atom. The second-order valence-electron chi connectivity index (χ2n) is 10.5. The molecule has 0 radical (unpaired) electrons. The minimum atomic E-state index is -0.224. The van der Waals surface area contributed by atoms with Crippen molar-refractivity contribution in [1.82, 2.24) is 5.32 Å². The SMILES string of the molecule is C=CCCCOc1ccc(C(C)(C)C)cc1CNCCCCCCOC(=O)c1cc(C)cc(C)c1. The number of rotatable bonds is 15. The van der Waals surface area contributed by atoms with Gasteiger partial charge in [-0.2, -0.15) is 0 Å². The first-order chi connectivity index (χ1) is 16.7. The van der Waals surface area contributed by atoms with Crippen LogP contribution in [0.4, 0.5) is 0 Å². The molecule has 0 aliphatic heterocycles. The lowest BCUT2D eigenvalue weighted by atomic mass is 9.86. The Balaban J connectivity index is 1.68. The van der Waals surface area contributed by atoms with Crippen LogP contribution in [0.1, 0.15) is 91.9 Å². The number of carbonyl (C=O) groups excluding carboxylic acids is 1. The number of aryl methyl sites for hydroxylation is 2. The smallest absolute Gasteiger partial charge is 0.338 e. The number of carbonyl (C=O) groups is 1. The maximum absolute atomic E-state index is 12.2. The van der Waals surface area contributed by atoms with Crippen LogP contribution in [0.2, 0.25) is 0 Å². The van der Waals surface area contributed by atoms with Crippen LogP contribution in [-0.2, 0) is 16.7 Å². The van der Waals surface area contributed by atoms with Crippen molar-refractivity contribution >= 4 is 5.97 Å². The summed E-state index contributed by atoms with van der Waals surface area (Å²) in [5, 5.41) is 3.58. The number of ether oxygens (including phenoxy) is 2. The van der Waals surface area contributed by atoms with Crippen molar-refractivity contribution in [2.24, 2.45) is 0 Å². The van der Waals surface area contributed by atoms with E-state index >= 15 is 0 Å². The molecule has 35 heavy (non-hydrogen) atoms. The highest BCUT2D eigenvalue weighted by molar-refractivity contribution is 5.89. The Labute approximate surface area is 213 Å². The number of esters is 1. The Kier molecular flexibility index (Phi) is 12.1. The standard InChI is InChI=1S/C31H45NO3/c1-7-8-12-17-34-29-15-14-28(31(4,5)6)22-27(29)23-32-16-11-9-10-13-18-35-30(33)26-20-24(2)19-25(3)21-26/h7,14-15,19-22,32H,1,8-13,16-18,23H2,2-6H3. The van der Waals surface area contributed by atoms with Gasteiger partial charge < -0.3 is 14.8 Å². The summed E-state index contributed by atoms with van der Waals surface area (Å²) in [6, 6.07) is 12.4. The van der Waals surface area contributed by atoms with Crippen LogP contribution in [-0.4, -0.2) is 25.7 Å². The third kappa shape index (κ3) is 10.7. The number of hydrogen-bond donors (Lipinski definition) is 1. The Bertz CT molecular complexity index is 922. The van der Waals surface area contributed by atoms with Crippen LogP contribution in [0.25, 0.3) is 0 Å². The van der Waals surface area contributed by atoms with Crippen LogP contribution in [0.15, 0.2) is 49.1 Å². The quantitative estimate of drug-likeness (QED) is 0.164. The molecule has 0 atom stereocenters. The van der Waals surface area contributed by atoms with Crippen molar-refractivity contribution in [2.75, 3.05) is 19.8 Å². The molecule has 2 aromatic rings. The topological polar surface area (TPSA) is 47.6 Å². The van der Waals surface area contributed by atoms with Crippen molar-refractivity contribution in [3.05, 3.63) is 76.9 Å². The summed E-state index contributed by atoms with van der Waals surface area (Å²) in [4.78, 5) is 12.2. The van der Waals surface area contributed by atoms with Crippen LogP contribution in [0.5, 0.6) is 5.75 Å². The van der Waals surface area contributed by atoms with Gasteiger partial charge in [0.2, 0.25) is 0 Å². The largest absolute Gasteiger partial charge is 0.493 e. The molecular weight excluding hydrogens is 434 g/mol. The molecule has 0 saturated carbocycles. The molecule has 0 aliphatic rings. The number of nitrogens with one attached hydrogen (secondary N) is 1. The minimum Gasteiger partial charge on any atom is -0.493 e. The molecule has 0 unspecified atom stereocenters. The van der Waals surface area contributed by atoms with E-state index in [1.807, 2.05) is 32.1 Å². The molecule has 192 valence electrons. The highest BCUT2D eigenvalue weighted by Gasteiger charge is 2.16. The number of benzene rings is 2. The van der Waals surface area contributed by atoms with E-state index in [0.29, 0.717) is 18.8 Å². The van der Waals surface area contributed by atoms with Gasteiger partial charge in [0.25, 0.3) is 0 Å². The number of unbranched alkanes of at least 4 members (excludes halogenated alkanes) is 4. The molecular formula is C31H45NO3. The van der Waals surface area contributed by atoms with Gasteiger partial charge in [-0.05, 0) is 75.3 Å². The van der Waals surface area contributed by atoms with E-state index in [4.69, 9.17) is 9.47 Å². The summed E-state index contributed by atoms with van der Waals surface area (Å²) in [6.45, 7) is 17.4. The molecule has 4 nitrogen and oxygen atoms in total. The van der Waals surface area contributed by atoms with E-state index in [1.165, 1.54) is 11.1 Å². The molecule has 2 aromatic carbocycles. The van der Waals surface area contributed by atoms with Gasteiger partial charge in [0.05, 0.1) is 18.8 Å². The fraction of sp³-hybridized carbons (Fsp3) is 0.516. The first kappa shape index (κ1) is 28.6. The zero-order valence-electron chi connectivity index (χ0n) is 22.5. The van der Waals surface area contributed by atoms with Gasteiger partial charge in [-0.25, -0.2) is 4.79 Å². The van der Waals surface area contributed by atoms with Crippen LogP contribution < -0.4 is 10.1 Å². The fourth-order valence-corrected chi connectivity index (χ4v) is 4.00. The molecule has 0 fully saturated rings. The molecule has 0 aliphatic carbocycles. The Morgan fingerprint density at radius 2 is 1.66 bits per heavy atom. The average Bonchev–Trinajstić information content (AvgIpc) is 2.79. The van der Waals surface area contributed by atoms with Gasteiger partial charge in [0, 0.05) is 12.1 Å². The molecule has 0 heterocycles. The van der Waals surface area contributed by atoms with Crippen molar-refractivity contribution < 1.29 is 14.3 Å². The van der Waals surface area contributed by atoms with E-state index in [9.17, 15) is 4.79 Å². The van der Waals surface area contributed by atoms with Gasteiger partial charge in [0.1, 0.15) is 5.75 Å². The zero-order chi connectivity index (χ0) is 25.7. The average molecular weight is 480 g/mol. The van der Waals surface area contributed by atoms with Crippen molar-refractivity contribution in [3.63, 3.8) is 0 Å². The summed E-state index contributed by atoms with van der Waals surface area (Å²) in [7, 11) is 0. The van der Waals surface area contributed by atoms with E-state index in [2.05, 4.69) is 56.9 Å². The summed E-state index contributed by atoms with van der Waals surface area (Å²) < 4.78 is 11.5. The number of allylic oxidation sites excluding steroid dienone is 1. The Morgan fingerprint density at radius 1 is 0.943 bits per heavy atom. The van der Waals surface area contributed by atoms with Crippen molar-refractivity contribution in [1.29, 1.82) is 0 Å².